The van der Waals surface area contributed by atoms with Gasteiger partial charge in [0.2, 0.25) is 0 Å². The maximum Gasteiger partial charge on any atom is 0.268 e. The molecule has 0 fully saturated rings. The van der Waals surface area contributed by atoms with Crippen molar-refractivity contribution in [2.24, 2.45) is 5.73 Å². The Morgan fingerprint density at radius 2 is 2.08 bits per heavy atom. The van der Waals surface area contributed by atoms with E-state index in [1.807, 2.05) is 18.2 Å². The first kappa shape index (κ1) is 16.0. The minimum Gasteiger partial charge on any atom is -0.375 e. The number of thiazole rings is 1. The summed E-state index contributed by atoms with van der Waals surface area (Å²) < 4.78 is 2.57. The molecule has 0 saturated heterocycles. The van der Waals surface area contributed by atoms with Crippen molar-refractivity contribution in [1.29, 1.82) is 0 Å². The Morgan fingerprint density at radius 3 is 2.88 bits per heavy atom. The van der Waals surface area contributed by atoms with Gasteiger partial charge in [-0.05, 0) is 29.8 Å². The molecule has 130 valence electrons. The number of nitrogens with two attached hydrogens (primary N) is 2. The number of nitrogens with zero attached hydrogens (tertiary/aromatic N) is 3. The highest BCUT2D eigenvalue weighted by Crippen LogP contribution is 2.24. The summed E-state index contributed by atoms with van der Waals surface area (Å²) in [5.41, 5.74) is 13.6. The standard InChI is InChI=1S/C17H14N6O2S/c18-14(24)12-8-23-5-1-2-10(15(23)21-12)16(25)20-7-9-3-4-11-13(6-9)26-17(19)22-11/h1-6,8H,7H2,(H2,18,24)(H2,19,22)(H,20,25). The van der Waals surface area contributed by atoms with Crippen LogP contribution in [0, 0.1) is 0 Å². The van der Waals surface area contributed by atoms with Crippen LogP contribution in [0.5, 0.6) is 0 Å². The summed E-state index contributed by atoms with van der Waals surface area (Å²) in [5.74, 6) is -0.932. The number of carbonyl (C=O) groups excluding carboxylic acids is 2. The number of aromatic nitrogens is 3. The molecule has 4 rings (SSSR count). The molecule has 26 heavy (non-hydrogen) atoms. The van der Waals surface area contributed by atoms with Crippen LogP contribution in [-0.4, -0.2) is 26.2 Å². The summed E-state index contributed by atoms with van der Waals surface area (Å²) in [6.07, 6.45) is 3.20. The summed E-state index contributed by atoms with van der Waals surface area (Å²) in [7, 11) is 0. The van der Waals surface area contributed by atoms with Gasteiger partial charge < -0.3 is 21.2 Å². The van der Waals surface area contributed by atoms with Crippen LogP contribution >= 0.6 is 11.3 Å². The first-order valence-corrected chi connectivity index (χ1v) is 8.53. The van der Waals surface area contributed by atoms with Gasteiger partial charge in [-0.3, -0.25) is 9.59 Å². The maximum atomic E-state index is 12.6. The van der Waals surface area contributed by atoms with E-state index in [1.165, 1.54) is 17.5 Å². The summed E-state index contributed by atoms with van der Waals surface area (Å²) in [6, 6.07) is 9.07. The van der Waals surface area contributed by atoms with Crippen molar-refractivity contribution in [2.75, 3.05) is 5.73 Å². The zero-order chi connectivity index (χ0) is 18.3. The van der Waals surface area contributed by atoms with Crippen molar-refractivity contribution in [2.45, 2.75) is 6.54 Å². The number of anilines is 1. The molecule has 0 unspecified atom stereocenters. The van der Waals surface area contributed by atoms with Gasteiger partial charge >= 0.3 is 0 Å². The Hall–Kier alpha value is -3.46. The molecule has 8 nitrogen and oxygen atoms in total. The number of nitrogen functional groups attached to an aromatic ring is 1. The molecule has 0 spiro atoms. The number of pyridine rings is 1. The fourth-order valence-corrected chi connectivity index (χ4v) is 3.48. The van der Waals surface area contributed by atoms with Gasteiger partial charge in [0.1, 0.15) is 5.69 Å². The Kier molecular flexibility index (Phi) is 3.77. The molecule has 5 N–H and O–H groups in total. The minimum absolute atomic E-state index is 0.110. The molecule has 0 atom stereocenters. The number of imidazole rings is 1. The van der Waals surface area contributed by atoms with Gasteiger partial charge in [-0.15, -0.1) is 0 Å². The summed E-state index contributed by atoms with van der Waals surface area (Å²) >= 11 is 1.40. The zero-order valence-corrected chi connectivity index (χ0v) is 14.3. The highest BCUT2D eigenvalue weighted by atomic mass is 32.1. The van der Waals surface area contributed by atoms with E-state index in [0.717, 1.165) is 15.8 Å². The Balaban J connectivity index is 1.57. The largest absolute Gasteiger partial charge is 0.375 e. The number of hydrogen-bond acceptors (Lipinski definition) is 6. The minimum atomic E-state index is -0.641. The van der Waals surface area contributed by atoms with E-state index in [4.69, 9.17) is 11.5 Å². The third kappa shape index (κ3) is 2.84. The molecule has 0 bridgehead atoms. The van der Waals surface area contributed by atoms with Gasteiger partial charge in [0.15, 0.2) is 10.8 Å². The molecule has 0 aliphatic heterocycles. The van der Waals surface area contributed by atoms with Gasteiger partial charge in [-0.1, -0.05) is 17.4 Å². The molecule has 1 aromatic carbocycles. The molecule has 3 heterocycles. The number of carbonyl (C=O) groups is 2. The van der Waals surface area contributed by atoms with E-state index in [1.54, 1.807) is 22.7 Å². The van der Waals surface area contributed by atoms with Crippen LogP contribution in [0.1, 0.15) is 26.4 Å². The van der Waals surface area contributed by atoms with Crippen LogP contribution < -0.4 is 16.8 Å². The summed E-state index contributed by atoms with van der Waals surface area (Å²) in [6.45, 7) is 0.344. The van der Waals surface area contributed by atoms with Crippen molar-refractivity contribution in [3.05, 3.63) is 59.5 Å². The van der Waals surface area contributed by atoms with Crippen LogP contribution in [0.25, 0.3) is 15.9 Å². The molecule has 0 aliphatic carbocycles. The van der Waals surface area contributed by atoms with Crippen molar-refractivity contribution >= 4 is 44.1 Å². The monoisotopic (exact) mass is 366 g/mol. The number of nitrogens with one attached hydrogen (secondary N) is 1. The van der Waals surface area contributed by atoms with Gasteiger partial charge in [-0.2, -0.15) is 0 Å². The first-order valence-electron chi connectivity index (χ1n) is 7.72. The summed E-state index contributed by atoms with van der Waals surface area (Å²) in [5, 5.41) is 3.37. The maximum absolute atomic E-state index is 12.6. The quantitative estimate of drug-likeness (QED) is 0.505. The molecular formula is C17H14N6O2S. The van der Waals surface area contributed by atoms with E-state index >= 15 is 0 Å². The van der Waals surface area contributed by atoms with Crippen LogP contribution in [-0.2, 0) is 6.54 Å². The molecule has 0 aliphatic rings. The third-order valence-corrected chi connectivity index (χ3v) is 4.75. The molecule has 0 saturated carbocycles. The number of rotatable bonds is 4. The number of fused-ring (bicyclic) bond motifs is 2. The highest BCUT2D eigenvalue weighted by Gasteiger charge is 2.15. The number of hydrogen-bond donors (Lipinski definition) is 3. The lowest BCUT2D eigenvalue weighted by atomic mass is 10.2. The Labute approximate surface area is 151 Å². The fourth-order valence-electron chi connectivity index (χ4n) is 2.68. The first-order chi connectivity index (χ1) is 12.5. The van der Waals surface area contributed by atoms with E-state index in [0.29, 0.717) is 22.9 Å². The van der Waals surface area contributed by atoms with E-state index in [-0.39, 0.29) is 11.6 Å². The van der Waals surface area contributed by atoms with Crippen molar-refractivity contribution < 1.29 is 9.59 Å². The lowest BCUT2D eigenvalue weighted by molar-refractivity contribution is 0.0950. The van der Waals surface area contributed by atoms with E-state index in [2.05, 4.69) is 15.3 Å². The molecule has 9 heteroatoms. The predicted octanol–water partition coefficient (Wildman–Crippen LogP) is 1.56. The smallest absolute Gasteiger partial charge is 0.268 e. The van der Waals surface area contributed by atoms with Crippen molar-refractivity contribution in [3.8, 4) is 0 Å². The normalized spacial score (nSPS) is 11.1. The highest BCUT2D eigenvalue weighted by molar-refractivity contribution is 7.22. The Morgan fingerprint density at radius 1 is 1.23 bits per heavy atom. The third-order valence-electron chi connectivity index (χ3n) is 3.90. The summed E-state index contributed by atoms with van der Waals surface area (Å²) in [4.78, 5) is 32.2. The van der Waals surface area contributed by atoms with Crippen molar-refractivity contribution in [1.82, 2.24) is 19.7 Å². The lowest BCUT2D eigenvalue weighted by Crippen LogP contribution is -2.23. The van der Waals surface area contributed by atoms with Gasteiger partial charge in [-0.25, -0.2) is 9.97 Å². The topological polar surface area (TPSA) is 128 Å². The number of primary amides is 1. The Bertz CT molecular complexity index is 1160. The molecule has 0 radical (unpaired) electrons. The number of benzene rings is 1. The van der Waals surface area contributed by atoms with Crippen molar-refractivity contribution in [3.63, 3.8) is 0 Å². The predicted molar refractivity (Wildman–Crippen MR) is 98.9 cm³/mol. The number of amides is 2. The zero-order valence-electron chi connectivity index (χ0n) is 13.5. The van der Waals surface area contributed by atoms with Gasteiger partial charge in [0, 0.05) is 18.9 Å². The SMILES string of the molecule is NC(=O)c1cn2cccc(C(=O)NCc3ccc4nc(N)sc4c3)c2n1. The molecule has 3 aromatic heterocycles. The molecule has 4 aromatic rings. The molecule has 2 amide bonds. The average molecular weight is 366 g/mol. The van der Waals surface area contributed by atoms with Crippen LogP contribution in [0.15, 0.2) is 42.7 Å². The van der Waals surface area contributed by atoms with Gasteiger partial charge in [0.25, 0.3) is 11.8 Å². The lowest BCUT2D eigenvalue weighted by Gasteiger charge is -2.06. The average Bonchev–Trinajstić information content (AvgIpc) is 3.21. The molecular weight excluding hydrogens is 352 g/mol. The second-order valence-electron chi connectivity index (χ2n) is 5.68. The van der Waals surface area contributed by atoms with Crippen LogP contribution in [0.4, 0.5) is 5.13 Å². The van der Waals surface area contributed by atoms with E-state index in [9.17, 15) is 9.59 Å². The second kappa shape index (κ2) is 6.12. The van der Waals surface area contributed by atoms with E-state index < -0.39 is 5.91 Å². The second-order valence-corrected chi connectivity index (χ2v) is 6.74. The van der Waals surface area contributed by atoms with Crippen LogP contribution in [0.3, 0.4) is 0 Å². The van der Waals surface area contributed by atoms with Crippen LogP contribution in [0.2, 0.25) is 0 Å². The van der Waals surface area contributed by atoms with Gasteiger partial charge in [0.05, 0.1) is 15.8 Å². The fraction of sp³-hybridized carbons (Fsp3) is 0.0588.